The lowest BCUT2D eigenvalue weighted by atomic mass is 10.2. The Balaban J connectivity index is 1.68. The fourth-order valence-electron chi connectivity index (χ4n) is 2.88. The van der Waals surface area contributed by atoms with E-state index in [0.29, 0.717) is 12.5 Å². The van der Waals surface area contributed by atoms with E-state index in [-0.39, 0.29) is 0 Å². The lowest BCUT2D eigenvalue weighted by molar-refractivity contribution is 0.866. The molecule has 3 aromatic rings. The van der Waals surface area contributed by atoms with E-state index in [1.807, 2.05) is 25.1 Å². The van der Waals surface area contributed by atoms with Gasteiger partial charge in [0.05, 0.1) is 0 Å². The zero-order chi connectivity index (χ0) is 19.1. The fourth-order valence-corrected chi connectivity index (χ4v) is 2.88. The van der Waals surface area contributed by atoms with Crippen molar-refractivity contribution in [3.8, 4) is 0 Å². The highest BCUT2D eigenvalue weighted by atomic mass is 15.1. The van der Waals surface area contributed by atoms with Gasteiger partial charge in [0.15, 0.2) is 0 Å². The smallest absolute Gasteiger partial charge is 0.229 e. The predicted octanol–water partition coefficient (Wildman–Crippen LogP) is 4.38. The summed E-state index contributed by atoms with van der Waals surface area (Å²) in [6.45, 7) is 8.98. The number of benzene rings is 1. The van der Waals surface area contributed by atoms with Gasteiger partial charge in [-0.1, -0.05) is 0 Å². The van der Waals surface area contributed by atoms with Gasteiger partial charge in [-0.05, 0) is 62.7 Å². The molecule has 0 fully saturated rings. The van der Waals surface area contributed by atoms with Gasteiger partial charge in [-0.15, -0.1) is 0 Å². The topological polar surface area (TPSA) is 66.0 Å². The number of hydrogen-bond acceptors (Lipinski definition) is 6. The maximum absolute atomic E-state index is 4.57. The molecule has 0 saturated heterocycles. The third-order valence-corrected chi connectivity index (χ3v) is 4.33. The second-order valence-corrected chi connectivity index (χ2v) is 6.27. The van der Waals surface area contributed by atoms with Crippen molar-refractivity contribution in [2.45, 2.75) is 27.3 Å². The van der Waals surface area contributed by atoms with Crippen molar-refractivity contribution in [1.82, 2.24) is 15.0 Å². The van der Waals surface area contributed by atoms with Crippen molar-refractivity contribution in [2.24, 2.45) is 0 Å². The summed E-state index contributed by atoms with van der Waals surface area (Å²) in [5.41, 5.74) is 4.25. The van der Waals surface area contributed by atoms with Crippen molar-refractivity contribution in [1.29, 1.82) is 0 Å². The van der Waals surface area contributed by atoms with E-state index in [1.165, 1.54) is 5.69 Å². The molecule has 2 N–H and O–H groups in total. The Labute approximate surface area is 160 Å². The Bertz CT molecular complexity index is 844. The molecule has 0 atom stereocenters. The summed E-state index contributed by atoms with van der Waals surface area (Å²) in [5, 5.41) is 6.64. The van der Waals surface area contributed by atoms with E-state index < -0.39 is 0 Å². The molecule has 6 heteroatoms. The third-order valence-electron chi connectivity index (χ3n) is 4.33. The fraction of sp³-hybridized carbons (Fsp3) is 0.286. The minimum Gasteiger partial charge on any atom is -0.372 e. The molecule has 0 aliphatic rings. The summed E-state index contributed by atoms with van der Waals surface area (Å²) in [6, 6.07) is 14.3. The van der Waals surface area contributed by atoms with E-state index in [4.69, 9.17) is 0 Å². The maximum atomic E-state index is 4.57. The number of aryl methyl sites for hydroxylation is 1. The molecular formula is C21H26N6. The Morgan fingerprint density at radius 2 is 1.63 bits per heavy atom. The highest BCUT2D eigenvalue weighted by Gasteiger charge is 2.05. The summed E-state index contributed by atoms with van der Waals surface area (Å²) in [6.07, 6.45) is 3.58. The average molecular weight is 362 g/mol. The molecule has 2 heterocycles. The molecule has 0 saturated carbocycles. The molecule has 2 aromatic heterocycles. The summed E-state index contributed by atoms with van der Waals surface area (Å²) >= 11 is 0. The minimum absolute atomic E-state index is 0.586. The first kappa shape index (κ1) is 18.6. The second-order valence-electron chi connectivity index (χ2n) is 6.27. The van der Waals surface area contributed by atoms with Crippen molar-refractivity contribution in [3.63, 3.8) is 0 Å². The first-order valence-corrected chi connectivity index (χ1v) is 9.28. The number of pyridine rings is 1. The molecule has 0 spiro atoms. The van der Waals surface area contributed by atoms with Crippen LogP contribution in [0.5, 0.6) is 0 Å². The molecular weight excluding hydrogens is 336 g/mol. The van der Waals surface area contributed by atoms with Crippen molar-refractivity contribution in [2.75, 3.05) is 28.6 Å². The monoisotopic (exact) mass is 362 g/mol. The van der Waals surface area contributed by atoms with Gasteiger partial charge in [-0.3, -0.25) is 4.98 Å². The number of nitrogens with zero attached hydrogens (tertiary/aromatic N) is 4. The zero-order valence-corrected chi connectivity index (χ0v) is 16.1. The van der Waals surface area contributed by atoms with Crippen LogP contribution in [0.25, 0.3) is 0 Å². The van der Waals surface area contributed by atoms with E-state index in [2.05, 4.69) is 68.6 Å². The van der Waals surface area contributed by atoms with Crippen LogP contribution >= 0.6 is 0 Å². The molecule has 0 radical (unpaired) electrons. The molecule has 0 aliphatic carbocycles. The van der Waals surface area contributed by atoms with Crippen molar-refractivity contribution < 1.29 is 0 Å². The van der Waals surface area contributed by atoms with Gasteiger partial charge >= 0.3 is 0 Å². The van der Waals surface area contributed by atoms with Gasteiger partial charge < -0.3 is 15.5 Å². The highest BCUT2D eigenvalue weighted by Crippen LogP contribution is 2.20. The SMILES string of the molecule is CCN(CC)c1ccc(Nc2nc(C)cc(NCc3ccncc3)n2)cc1. The lowest BCUT2D eigenvalue weighted by Crippen LogP contribution is -2.21. The molecule has 1 aromatic carbocycles. The van der Waals surface area contributed by atoms with E-state index in [1.54, 1.807) is 12.4 Å². The third kappa shape index (κ3) is 5.17. The van der Waals surface area contributed by atoms with Crippen LogP contribution in [-0.2, 0) is 6.54 Å². The predicted molar refractivity (Wildman–Crippen MR) is 112 cm³/mol. The van der Waals surface area contributed by atoms with Gasteiger partial charge in [0.2, 0.25) is 5.95 Å². The van der Waals surface area contributed by atoms with E-state index in [9.17, 15) is 0 Å². The summed E-state index contributed by atoms with van der Waals surface area (Å²) < 4.78 is 0. The summed E-state index contributed by atoms with van der Waals surface area (Å²) in [4.78, 5) is 15.4. The van der Waals surface area contributed by atoms with Crippen LogP contribution < -0.4 is 15.5 Å². The van der Waals surface area contributed by atoms with Gasteiger partial charge in [-0.25, -0.2) is 4.98 Å². The molecule has 0 bridgehead atoms. The molecule has 0 aliphatic heterocycles. The standard InChI is InChI=1S/C21H26N6/c1-4-27(5-2)19-8-6-18(7-9-19)25-21-24-16(3)14-20(26-21)23-15-17-10-12-22-13-11-17/h6-14H,4-5,15H2,1-3H3,(H2,23,24,25,26). The molecule has 3 rings (SSSR count). The first-order valence-electron chi connectivity index (χ1n) is 9.28. The van der Waals surface area contributed by atoms with Gasteiger partial charge in [-0.2, -0.15) is 4.98 Å². The first-order chi connectivity index (χ1) is 13.2. The van der Waals surface area contributed by atoms with E-state index >= 15 is 0 Å². The van der Waals surface area contributed by atoms with Gasteiger partial charge in [0.1, 0.15) is 5.82 Å². The van der Waals surface area contributed by atoms with Crippen LogP contribution in [-0.4, -0.2) is 28.0 Å². The molecule has 6 nitrogen and oxygen atoms in total. The van der Waals surface area contributed by atoms with Crippen LogP contribution in [0.4, 0.5) is 23.1 Å². The van der Waals surface area contributed by atoms with Crippen LogP contribution in [0.1, 0.15) is 25.1 Å². The molecule has 27 heavy (non-hydrogen) atoms. The Morgan fingerprint density at radius 3 is 2.30 bits per heavy atom. The number of nitrogens with one attached hydrogen (secondary N) is 2. The van der Waals surface area contributed by atoms with E-state index in [0.717, 1.165) is 35.9 Å². The molecule has 0 amide bonds. The summed E-state index contributed by atoms with van der Waals surface area (Å²) in [5.74, 6) is 1.38. The Hall–Kier alpha value is -3.15. The van der Waals surface area contributed by atoms with Crippen LogP contribution in [0.3, 0.4) is 0 Å². The number of anilines is 4. The normalized spacial score (nSPS) is 10.5. The number of aromatic nitrogens is 3. The number of rotatable bonds is 8. The zero-order valence-electron chi connectivity index (χ0n) is 16.1. The minimum atomic E-state index is 0.586. The maximum Gasteiger partial charge on any atom is 0.229 e. The lowest BCUT2D eigenvalue weighted by Gasteiger charge is -2.21. The molecule has 140 valence electrons. The van der Waals surface area contributed by atoms with Gasteiger partial charge in [0, 0.05) is 55.2 Å². The molecule has 0 unspecified atom stereocenters. The second kappa shape index (κ2) is 8.98. The van der Waals surface area contributed by atoms with Crippen LogP contribution in [0.2, 0.25) is 0 Å². The Kier molecular flexibility index (Phi) is 6.20. The quantitative estimate of drug-likeness (QED) is 0.620. The Morgan fingerprint density at radius 1 is 0.926 bits per heavy atom. The summed E-state index contributed by atoms with van der Waals surface area (Å²) in [7, 11) is 0. The number of hydrogen-bond donors (Lipinski definition) is 2. The van der Waals surface area contributed by atoms with Crippen molar-refractivity contribution in [3.05, 3.63) is 66.1 Å². The van der Waals surface area contributed by atoms with Crippen LogP contribution in [0.15, 0.2) is 54.9 Å². The average Bonchev–Trinajstić information content (AvgIpc) is 2.69. The van der Waals surface area contributed by atoms with Gasteiger partial charge in [0.25, 0.3) is 0 Å². The van der Waals surface area contributed by atoms with Crippen LogP contribution in [0, 0.1) is 6.92 Å². The highest BCUT2D eigenvalue weighted by molar-refractivity contribution is 5.60. The van der Waals surface area contributed by atoms with Crippen molar-refractivity contribution >= 4 is 23.1 Å². The largest absolute Gasteiger partial charge is 0.372 e.